The van der Waals surface area contributed by atoms with E-state index in [2.05, 4.69) is 111 Å². The van der Waals surface area contributed by atoms with Crippen LogP contribution in [0.4, 0.5) is 0 Å². The average Bonchev–Trinajstić information content (AvgIpc) is 2.88. The number of hydrogen-bond acceptors (Lipinski definition) is 2. The molecule has 2 nitrogen and oxygen atoms in total. The van der Waals surface area contributed by atoms with E-state index in [4.69, 9.17) is 9.98 Å². The Balaban J connectivity index is 1.87. The van der Waals surface area contributed by atoms with Crippen molar-refractivity contribution >= 4 is 11.4 Å². The molecule has 0 aromatic heterocycles. The van der Waals surface area contributed by atoms with E-state index >= 15 is 0 Å². The molecule has 0 saturated heterocycles. The number of aliphatic imine (C=N–C) groups is 2. The summed E-state index contributed by atoms with van der Waals surface area (Å²) < 4.78 is 0. The Morgan fingerprint density at radius 2 is 0.719 bits per heavy atom. The van der Waals surface area contributed by atoms with Crippen LogP contribution in [-0.4, -0.2) is 11.4 Å². The zero-order chi connectivity index (χ0) is 22.2. The Labute approximate surface area is 191 Å². The van der Waals surface area contributed by atoms with Crippen LogP contribution in [0, 0.1) is 0 Å². The highest BCUT2D eigenvalue weighted by molar-refractivity contribution is 6.53. The van der Waals surface area contributed by atoms with Gasteiger partial charge in [0.25, 0.3) is 0 Å². The molecule has 0 saturated carbocycles. The lowest BCUT2D eigenvalue weighted by atomic mass is 9.97. The van der Waals surface area contributed by atoms with Crippen molar-refractivity contribution in [1.82, 2.24) is 0 Å². The Morgan fingerprint density at radius 1 is 0.438 bits per heavy atom. The predicted octanol–water partition coefficient (Wildman–Crippen LogP) is 7.49. The van der Waals surface area contributed by atoms with E-state index in [1.165, 1.54) is 11.1 Å². The summed E-state index contributed by atoms with van der Waals surface area (Å²) in [4.78, 5) is 10.5. The summed E-state index contributed by atoms with van der Waals surface area (Å²) in [7, 11) is 0. The molecule has 0 spiro atoms. The van der Waals surface area contributed by atoms with E-state index in [1.54, 1.807) is 0 Å². The topological polar surface area (TPSA) is 24.7 Å². The summed E-state index contributed by atoms with van der Waals surface area (Å²) in [6.45, 7) is 4.28. The fraction of sp³-hybridized carbons (Fsp3) is 0.133. The van der Waals surface area contributed by atoms with Crippen molar-refractivity contribution in [2.24, 2.45) is 9.98 Å². The van der Waals surface area contributed by atoms with Gasteiger partial charge in [0, 0.05) is 11.1 Å². The maximum Gasteiger partial charge on any atom is 0.0912 e. The quantitative estimate of drug-likeness (QED) is 0.279. The van der Waals surface area contributed by atoms with Gasteiger partial charge >= 0.3 is 0 Å². The van der Waals surface area contributed by atoms with Gasteiger partial charge in [-0.25, -0.2) is 0 Å². The van der Waals surface area contributed by atoms with Crippen LogP contribution >= 0.6 is 0 Å². The van der Waals surface area contributed by atoms with Crippen LogP contribution < -0.4 is 0 Å². The Kier molecular flexibility index (Phi) is 7.04. The SMILES string of the molecule is C[C@@H](N=C(C(=N[C@H](C)c1ccccc1)c1ccccc1)c1ccccc1)c1ccccc1. The van der Waals surface area contributed by atoms with E-state index in [1.807, 2.05) is 24.3 Å². The highest BCUT2D eigenvalue weighted by Crippen LogP contribution is 2.23. The van der Waals surface area contributed by atoms with Crippen molar-refractivity contribution in [2.75, 3.05) is 0 Å². The van der Waals surface area contributed by atoms with E-state index in [9.17, 15) is 0 Å². The molecule has 4 aromatic carbocycles. The van der Waals surface area contributed by atoms with Gasteiger partial charge in [-0.1, -0.05) is 121 Å². The number of benzene rings is 4. The molecule has 4 aromatic rings. The first-order valence-corrected chi connectivity index (χ1v) is 11.1. The summed E-state index contributed by atoms with van der Waals surface area (Å²) >= 11 is 0. The molecule has 2 heteroatoms. The van der Waals surface area contributed by atoms with Gasteiger partial charge in [0.05, 0.1) is 23.5 Å². The molecular formula is C30H28N2. The molecule has 2 atom stereocenters. The average molecular weight is 417 g/mol. The van der Waals surface area contributed by atoms with Gasteiger partial charge in [0.1, 0.15) is 0 Å². The molecule has 0 unspecified atom stereocenters. The molecule has 158 valence electrons. The zero-order valence-corrected chi connectivity index (χ0v) is 18.6. The first-order chi connectivity index (χ1) is 15.7. The highest BCUT2D eigenvalue weighted by Gasteiger charge is 2.18. The maximum atomic E-state index is 5.23. The van der Waals surface area contributed by atoms with Crippen LogP contribution in [0.1, 0.15) is 48.2 Å². The van der Waals surface area contributed by atoms with Crippen molar-refractivity contribution in [3.63, 3.8) is 0 Å². The van der Waals surface area contributed by atoms with E-state index in [-0.39, 0.29) is 12.1 Å². The van der Waals surface area contributed by atoms with Crippen LogP contribution in [0.5, 0.6) is 0 Å². The summed E-state index contributed by atoms with van der Waals surface area (Å²) in [5.74, 6) is 0. The molecule has 4 rings (SSSR count). The van der Waals surface area contributed by atoms with Gasteiger partial charge < -0.3 is 0 Å². The molecule has 0 bridgehead atoms. The van der Waals surface area contributed by atoms with Gasteiger partial charge in [-0.05, 0) is 25.0 Å². The molecule has 0 fully saturated rings. The molecule has 0 aliphatic heterocycles. The largest absolute Gasteiger partial charge is 0.275 e. The van der Waals surface area contributed by atoms with Crippen LogP contribution in [0.25, 0.3) is 0 Å². The van der Waals surface area contributed by atoms with Crippen LogP contribution in [0.3, 0.4) is 0 Å². The molecular weight excluding hydrogens is 388 g/mol. The second-order valence-corrected chi connectivity index (χ2v) is 7.86. The standard InChI is InChI=1S/C30H28N2/c1-23(25-15-7-3-8-16-25)31-29(27-19-11-5-12-20-27)30(28-21-13-6-14-22-28)32-24(2)26-17-9-4-10-18-26/h3-24H,1-2H3/t23-,24-/m1/s1. The van der Waals surface area contributed by atoms with Gasteiger partial charge in [0.2, 0.25) is 0 Å². The third-order valence-corrected chi connectivity index (χ3v) is 5.53. The Bertz CT molecular complexity index is 1070. The van der Waals surface area contributed by atoms with Gasteiger partial charge in [-0.2, -0.15) is 0 Å². The number of hydrogen-bond donors (Lipinski definition) is 0. The van der Waals surface area contributed by atoms with Gasteiger partial charge in [0.15, 0.2) is 0 Å². The summed E-state index contributed by atoms with van der Waals surface area (Å²) in [6, 6.07) is 41.6. The first kappa shape index (κ1) is 21.5. The molecule has 0 radical (unpaired) electrons. The summed E-state index contributed by atoms with van der Waals surface area (Å²) in [5.41, 5.74) is 6.33. The lowest BCUT2D eigenvalue weighted by molar-refractivity contribution is 0.814. The van der Waals surface area contributed by atoms with Crippen molar-refractivity contribution in [3.05, 3.63) is 144 Å². The fourth-order valence-electron chi connectivity index (χ4n) is 3.74. The zero-order valence-electron chi connectivity index (χ0n) is 18.6. The van der Waals surface area contributed by atoms with Crippen molar-refractivity contribution in [2.45, 2.75) is 25.9 Å². The van der Waals surface area contributed by atoms with Gasteiger partial charge in [-0.3, -0.25) is 9.98 Å². The first-order valence-electron chi connectivity index (χ1n) is 11.1. The second kappa shape index (κ2) is 10.5. The Hall–Kier alpha value is -3.78. The second-order valence-electron chi connectivity index (χ2n) is 7.86. The van der Waals surface area contributed by atoms with E-state index in [0.717, 1.165) is 22.6 Å². The third-order valence-electron chi connectivity index (χ3n) is 5.53. The number of nitrogens with zero attached hydrogens (tertiary/aromatic N) is 2. The molecule has 0 aliphatic rings. The minimum Gasteiger partial charge on any atom is -0.275 e. The minimum atomic E-state index is 0.00681. The number of rotatable bonds is 7. The summed E-state index contributed by atoms with van der Waals surface area (Å²) in [6.07, 6.45) is 0. The Morgan fingerprint density at radius 3 is 1.03 bits per heavy atom. The lowest BCUT2D eigenvalue weighted by Crippen LogP contribution is -2.19. The van der Waals surface area contributed by atoms with Crippen molar-refractivity contribution in [3.8, 4) is 0 Å². The van der Waals surface area contributed by atoms with Crippen LogP contribution in [0.15, 0.2) is 131 Å². The van der Waals surface area contributed by atoms with Crippen LogP contribution in [0.2, 0.25) is 0 Å². The minimum absolute atomic E-state index is 0.00681. The smallest absolute Gasteiger partial charge is 0.0912 e. The normalized spacial score (nSPS) is 14.1. The predicted molar refractivity (Wildman–Crippen MR) is 136 cm³/mol. The highest BCUT2D eigenvalue weighted by atomic mass is 14.9. The summed E-state index contributed by atoms with van der Waals surface area (Å²) in [5, 5.41) is 0. The van der Waals surface area contributed by atoms with Crippen LogP contribution in [-0.2, 0) is 0 Å². The van der Waals surface area contributed by atoms with E-state index < -0.39 is 0 Å². The molecule has 0 N–H and O–H groups in total. The lowest BCUT2D eigenvalue weighted by Gasteiger charge is -2.17. The van der Waals surface area contributed by atoms with Crippen molar-refractivity contribution < 1.29 is 0 Å². The fourth-order valence-corrected chi connectivity index (χ4v) is 3.74. The molecule has 0 amide bonds. The maximum absolute atomic E-state index is 5.23. The molecule has 0 aliphatic carbocycles. The van der Waals surface area contributed by atoms with E-state index in [0.29, 0.717) is 0 Å². The molecule has 32 heavy (non-hydrogen) atoms. The third kappa shape index (κ3) is 5.28. The monoisotopic (exact) mass is 416 g/mol. The van der Waals surface area contributed by atoms with Gasteiger partial charge in [-0.15, -0.1) is 0 Å². The molecule has 0 heterocycles. The van der Waals surface area contributed by atoms with Crippen molar-refractivity contribution in [1.29, 1.82) is 0 Å².